The molecule has 19 heavy (non-hydrogen) atoms. The summed E-state index contributed by atoms with van der Waals surface area (Å²) in [6.07, 6.45) is 0. The molecule has 0 unspecified atom stereocenters. The Bertz CT molecular complexity index is 668. The van der Waals surface area contributed by atoms with E-state index in [9.17, 15) is 13.0 Å². The van der Waals surface area contributed by atoms with Gasteiger partial charge < -0.3 is 1.43 Å². The van der Waals surface area contributed by atoms with Crippen LogP contribution >= 0.6 is 0 Å². The minimum Gasteiger partial charge on any atom is -1.00 e. The van der Waals surface area contributed by atoms with Crippen LogP contribution in [0.5, 0.6) is 0 Å². The first-order valence-electron chi connectivity index (χ1n) is 5.81. The Morgan fingerprint density at radius 2 is 1.63 bits per heavy atom. The number of aryl methyl sites for hydroxylation is 1. The van der Waals surface area contributed by atoms with Crippen LogP contribution in [0.15, 0.2) is 35.2 Å². The minimum absolute atomic E-state index is 0. The van der Waals surface area contributed by atoms with Crippen LogP contribution in [0.4, 0.5) is 0 Å². The molecular formula is C14H17NaO3S. The van der Waals surface area contributed by atoms with E-state index >= 15 is 0 Å². The Balaban J connectivity index is 0.00000180. The van der Waals surface area contributed by atoms with Crippen molar-refractivity contribution >= 4 is 10.1 Å². The molecule has 0 spiro atoms. The van der Waals surface area contributed by atoms with Crippen LogP contribution < -0.4 is 29.6 Å². The summed E-state index contributed by atoms with van der Waals surface area (Å²) in [7, 11) is -4.17. The molecule has 1 N–H and O–H groups in total. The molecule has 2 aliphatic carbocycles. The Labute approximate surface area is 137 Å². The molecule has 0 aromatic rings. The summed E-state index contributed by atoms with van der Waals surface area (Å²) in [5.74, 6) is 0.371. The molecule has 0 aromatic heterocycles. The van der Waals surface area contributed by atoms with Gasteiger partial charge in [-0.05, 0) is 35.6 Å². The summed E-state index contributed by atoms with van der Waals surface area (Å²) in [5.41, 5.74) is 3.41. The van der Waals surface area contributed by atoms with Crippen molar-refractivity contribution in [1.29, 1.82) is 0 Å². The van der Waals surface area contributed by atoms with Crippen LogP contribution in [0.1, 0.15) is 32.3 Å². The van der Waals surface area contributed by atoms with Crippen molar-refractivity contribution in [2.45, 2.75) is 31.6 Å². The van der Waals surface area contributed by atoms with Crippen LogP contribution in [-0.2, 0) is 10.1 Å². The standard InChI is InChI=1S/C14H16O3S.Na.H/c1-9(2)11-4-6-12-10(3)8-14(18(15,16)17)13(12)7-5-11;;/h4-9H,1-3H3,(H,15,16,17);;/q;+1;-1. The van der Waals surface area contributed by atoms with Crippen molar-refractivity contribution < 1.29 is 44.0 Å². The fourth-order valence-corrected chi connectivity index (χ4v) is 2.89. The molecule has 0 bridgehead atoms. The van der Waals surface area contributed by atoms with Gasteiger partial charge in [0.15, 0.2) is 0 Å². The predicted molar refractivity (Wildman–Crippen MR) is 72.8 cm³/mol. The number of hydrogen-bond donors (Lipinski definition) is 1. The van der Waals surface area contributed by atoms with E-state index in [2.05, 4.69) is 13.8 Å². The second-order valence-electron chi connectivity index (χ2n) is 4.82. The molecule has 2 rings (SSSR count). The van der Waals surface area contributed by atoms with E-state index in [1.165, 1.54) is 6.07 Å². The topological polar surface area (TPSA) is 54.4 Å². The van der Waals surface area contributed by atoms with E-state index in [1.807, 2.05) is 25.1 Å². The van der Waals surface area contributed by atoms with E-state index in [-0.39, 0.29) is 35.9 Å². The monoisotopic (exact) mass is 288 g/mol. The Morgan fingerprint density at radius 1 is 1.11 bits per heavy atom. The maximum absolute atomic E-state index is 11.3. The van der Waals surface area contributed by atoms with Crippen molar-refractivity contribution in [2.75, 3.05) is 0 Å². The van der Waals surface area contributed by atoms with Gasteiger partial charge in [-0.3, -0.25) is 4.55 Å². The zero-order valence-corrected chi connectivity index (χ0v) is 14.5. The third-order valence-electron chi connectivity index (χ3n) is 3.16. The fourth-order valence-electron chi connectivity index (χ4n) is 2.10. The first kappa shape index (κ1) is 16.7. The molecule has 0 saturated heterocycles. The molecule has 0 atom stereocenters. The van der Waals surface area contributed by atoms with E-state index < -0.39 is 10.1 Å². The van der Waals surface area contributed by atoms with Gasteiger partial charge in [0.05, 0.1) is 0 Å². The van der Waals surface area contributed by atoms with Crippen molar-refractivity contribution in [2.24, 2.45) is 0 Å². The first-order valence-corrected chi connectivity index (χ1v) is 7.25. The van der Waals surface area contributed by atoms with Crippen molar-refractivity contribution in [3.05, 3.63) is 41.5 Å². The van der Waals surface area contributed by atoms with Crippen LogP contribution in [0.25, 0.3) is 11.1 Å². The third kappa shape index (κ3) is 3.38. The van der Waals surface area contributed by atoms with E-state index in [1.54, 1.807) is 6.07 Å². The maximum Gasteiger partial charge on any atom is 1.00 e. The molecule has 0 aliphatic heterocycles. The van der Waals surface area contributed by atoms with Crippen LogP contribution in [0.2, 0.25) is 0 Å². The van der Waals surface area contributed by atoms with Crippen molar-refractivity contribution in [3.8, 4) is 11.1 Å². The minimum atomic E-state index is -4.17. The normalized spacial score (nSPS) is 11.6. The van der Waals surface area contributed by atoms with Gasteiger partial charge in [-0.15, -0.1) is 0 Å². The molecule has 0 radical (unpaired) electrons. The van der Waals surface area contributed by atoms with Gasteiger partial charge in [-0.1, -0.05) is 38.1 Å². The molecule has 98 valence electrons. The van der Waals surface area contributed by atoms with Crippen LogP contribution in [0, 0.1) is 6.92 Å². The Kier molecular flexibility index (Phi) is 5.21. The summed E-state index contributed by atoms with van der Waals surface area (Å²) < 4.78 is 31.9. The van der Waals surface area contributed by atoms with E-state index in [0.29, 0.717) is 11.5 Å². The van der Waals surface area contributed by atoms with Gasteiger partial charge in [0.2, 0.25) is 0 Å². The molecule has 0 aromatic carbocycles. The Morgan fingerprint density at radius 3 is 2.11 bits per heavy atom. The second-order valence-corrected chi connectivity index (χ2v) is 6.21. The smallest absolute Gasteiger partial charge is 1.00 e. The average Bonchev–Trinajstić information content (AvgIpc) is 2.46. The zero-order chi connectivity index (χ0) is 13.5. The van der Waals surface area contributed by atoms with Crippen molar-refractivity contribution in [1.82, 2.24) is 0 Å². The summed E-state index contributed by atoms with van der Waals surface area (Å²) in [5, 5.41) is 0. The third-order valence-corrected chi connectivity index (χ3v) is 4.05. The number of rotatable bonds is 2. The van der Waals surface area contributed by atoms with E-state index in [4.69, 9.17) is 0 Å². The molecule has 0 amide bonds. The van der Waals surface area contributed by atoms with Gasteiger partial charge in [0, 0.05) is 5.56 Å². The van der Waals surface area contributed by atoms with Crippen LogP contribution in [-0.4, -0.2) is 13.0 Å². The molecule has 0 saturated carbocycles. The molecule has 2 aliphatic rings. The molecule has 0 fully saturated rings. The van der Waals surface area contributed by atoms with Gasteiger partial charge in [0.25, 0.3) is 10.1 Å². The van der Waals surface area contributed by atoms with Gasteiger partial charge in [0.1, 0.15) is 4.90 Å². The average molecular weight is 288 g/mol. The quantitative estimate of drug-likeness (QED) is 0.650. The van der Waals surface area contributed by atoms with Crippen LogP contribution in [0.3, 0.4) is 0 Å². The number of hydrogen-bond acceptors (Lipinski definition) is 2. The molecule has 5 heteroatoms. The summed E-state index contributed by atoms with van der Waals surface area (Å²) in [6.45, 7) is 6.00. The van der Waals surface area contributed by atoms with Gasteiger partial charge in [-0.2, -0.15) is 8.42 Å². The largest absolute Gasteiger partial charge is 1.00 e. The molecular weight excluding hydrogens is 271 g/mol. The summed E-state index contributed by atoms with van der Waals surface area (Å²) in [6, 6.07) is 9.08. The summed E-state index contributed by atoms with van der Waals surface area (Å²) >= 11 is 0. The van der Waals surface area contributed by atoms with Gasteiger partial charge in [-0.25, -0.2) is 0 Å². The SMILES string of the molecule is Cc1cc(S(=O)(=O)O)c2ccc(C(C)C)ccc1-2.[H-].[Na+]. The maximum atomic E-state index is 11.3. The first-order chi connectivity index (χ1) is 8.30. The fraction of sp³-hybridized carbons (Fsp3) is 0.286. The number of fused-ring (bicyclic) bond motifs is 1. The van der Waals surface area contributed by atoms with E-state index in [0.717, 1.165) is 16.7 Å². The Hall–Kier alpha value is -0.390. The molecule has 3 nitrogen and oxygen atoms in total. The second kappa shape index (κ2) is 5.94. The summed E-state index contributed by atoms with van der Waals surface area (Å²) in [4.78, 5) is -0.0130. The van der Waals surface area contributed by atoms with Crippen molar-refractivity contribution in [3.63, 3.8) is 0 Å². The zero-order valence-electron chi connectivity index (χ0n) is 12.6. The predicted octanol–water partition coefficient (Wildman–Crippen LogP) is 0.586. The molecule has 0 heterocycles. The van der Waals surface area contributed by atoms with Gasteiger partial charge >= 0.3 is 29.6 Å².